The number of hydrogen-bond acceptors (Lipinski definition) is 3. The molecule has 0 spiro atoms. The van der Waals surface area contributed by atoms with Gasteiger partial charge in [0.2, 0.25) is 0 Å². The molecule has 0 aliphatic heterocycles. The normalized spacial score (nSPS) is 32.7. The van der Waals surface area contributed by atoms with Crippen LogP contribution in [0.1, 0.15) is 38.7 Å². The molecule has 1 saturated carbocycles. The molecule has 0 amide bonds. The Balaban J connectivity index is 2.33. The minimum absolute atomic E-state index is 0.0478. The molecule has 1 aliphatic rings. The summed E-state index contributed by atoms with van der Waals surface area (Å²) in [6.45, 7) is 3.96. The summed E-state index contributed by atoms with van der Waals surface area (Å²) in [5, 5.41) is 20.5. The van der Waals surface area contributed by atoms with Crippen molar-refractivity contribution in [3.05, 3.63) is 29.8 Å². The van der Waals surface area contributed by atoms with Crippen molar-refractivity contribution in [3.8, 4) is 5.75 Å². The smallest absolute Gasteiger partial charge is 0.306 e. The summed E-state index contributed by atoms with van der Waals surface area (Å²) in [5.74, 6) is -0.469. The molecule has 2 N–H and O–H groups in total. The number of methoxy groups -OCH3 is 1. The zero-order valence-electron chi connectivity index (χ0n) is 12.9. The lowest BCUT2D eigenvalue weighted by Crippen LogP contribution is -2.47. The molecule has 0 bridgehead atoms. The van der Waals surface area contributed by atoms with Crippen LogP contribution in [0.3, 0.4) is 0 Å². The Morgan fingerprint density at radius 2 is 2.00 bits per heavy atom. The van der Waals surface area contributed by atoms with Crippen molar-refractivity contribution in [3.63, 3.8) is 0 Å². The molecule has 0 saturated heterocycles. The number of aliphatic carboxylic acids is 1. The fourth-order valence-corrected chi connectivity index (χ4v) is 3.84. The molecule has 0 radical (unpaired) electrons. The van der Waals surface area contributed by atoms with E-state index in [9.17, 15) is 15.0 Å². The molecular weight excluding hydrogens is 268 g/mol. The number of rotatable bonds is 4. The zero-order chi connectivity index (χ0) is 15.6. The first-order valence-corrected chi connectivity index (χ1v) is 7.53. The molecule has 4 heteroatoms. The van der Waals surface area contributed by atoms with E-state index in [-0.39, 0.29) is 17.8 Å². The third kappa shape index (κ3) is 2.77. The van der Waals surface area contributed by atoms with E-state index in [0.717, 1.165) is 17.7 Å². The standard InChI is InChI=1S/C17H24O4/c1-4-15-11(2)14(16(18)19)9-10-17(15,20)12-5-7-13(21-3)8-6-12/h5-8,11,14-15,20H,4,9-10H2,1-3H3,(H,18,19). The summed E-state index contributed by atoms with van der Waals surface area (Å²) in [4.78, 5) is 11.4. The predicted octanol–water partition coefficient (Wildman–Crippen LogP) is 3.04. The Morgan fingerprint density at radius 3 is 2.48 bits per heavy atom. The van der Waals surface area contributed by atoms with Crippen molar-refractivity contribution in [1.82, 2.24) is 0 Å². The molecule has 4 unspecified atom stereocenters. The molecule has 2 rings (SSSR count). The third-order valence-corrected chi connectivity index (χ3v) is 5.07. The lowest BCUT2D eigenvalue weighted by Gasteiger charge is -2.46. The summed E-state index contributed by atoms with van der Waals surface area (Å²) in [5.41, 5.74) is -0.0994. The number of benzene rings is 1. The number of carboxylic acid groups (broad SMARTS) is 1. The summed E-state index contributed by atoms with van der Waals surface area (Å²) >= 11 is 0. The van der Waals surface area contributed by atoms with Gasteiger partial charge in [0.05, 0.1) is 18.6 Å². The average Bonchev–Trinajstić information content (AvgIpc) is 2.47. The van der Waals surface area contributed by atoms with E-state index < -0.39 is 11.6 Å². The Hall–Kier alpha value is -1.55. The maximum absolute atomic E-state index is 11.4. The quantitative estimate of drug-likeness (QED) is 0.895. The van der Waals surface area contributed by atoms with E-state index in [4.69, 9.17) is 4.74 Å². The number of ether oxygens (including phenoxy) is 1. The van der Waals surface area contributed by atoms with Gasteiger partial charge in [-0.15, -0.1) is 0 Å². The second-order valence-corrected chi connectivity index (χ2v) is 6.01. The van der Waals surface area contributed by atoms with Crippen molar-refractivity contribution >= 4 is 5.97 Å². The highest BCUT2D eigenvalue weighted by molar-refractivity contribution is 5.70. The van der Waals surface area contributed by atoms with Gasteiger partial charge in [0, 0.05) is 0 Å². The SMILES string of the molecule is CCC1C(C)C(C(=O)O)CCC1(O)c1ccc(OC)cc1. The molecule has 21 heavy (non-hydrogen) atoms. The maximum Gasteiger partial charge on any atom is 0.306 e. The number of aliphatic hydroxyl groups is 1. The van der Waals surface area contributed by atoms with Crippen molar-refractivity contribution in [2.24, 2.45) is 17.8 Å². The number of hydrogen-bond donors (Lipinski definition) is 2. The van der Waals surface area contributed by atoms with Gasteiger partial charge < -0.3 is 14.9 Å². The average molecular weight is 292 g/mol. The first-order valence-electron chi connectivity index (χ1n) is 7.53. The first kappa shape index (κ1) is 15.8. The molecule has 1 aliphatic carbocycles. The minimum atomic E-state index is -0.952. The van der Waals surface area contributed by atoms with Crippen molar-refractivity contribution < 1.29 is 19.7 Å². The topological polar surface area (TPSA) is 66.8 Å². The molecule has 116 valence electrons. The molecule has 4 atom stereocenters. The first-order chi connectivity index (χ1) is 9.93. The van der Waals surface area contributed by atoms with Gasteiger partial charge in [-0.05, 0) is 48.8 Å². The van der Waals surface area contributed by atoms with Gasteiger partial charge in [-0.3, -0.25) is 4.79 Å². The fraction of sp³-hybridized carbons (Fsp3) is 0.588. The summed E-state index contributed by atoms with van der Waals surface area (Å²) < 4.78 is 5.15. The van der Waals surface area contributed by atoms with Gasteiger partial charge in [-0.25, -0.2) is 0 Å². The Kier molecular flexibility index (Phi) is 4.57. The molecular formula is C17H24O4. The van der Waals surface area contributed by atoms with E-state index in [1.165, 1.54) is 0 Å². The largest absolute Gasteiger partial charge is 0.497 e. The van der Waals surface area contributed by atoms with E-state index in [1.54, 1.807) is 7.11 Å². The van der Waals surface area contributed by atoms with Gasteiger partial charge in [0.25, 0.3) is 0 Å². The monoisotopic (exact) mass is 292 g/mol. The highest BCUT2D eigenvalue weighted by atomic mass is 16.5. The van der Waals surface area contributed by atoms with Crippen molar-refractivity contribution in [1.29, 1.82) is 0 Å². The van der Waals surface area contributed by atoms with Crippen LogP contribution in [0, 0.1) is 17.8 Å². The van der Waals surface area contributed by atoms with Crippen LogP contribution in [0.2, 0.25) is 0 Å². The van der Waals surface area contributed by atoms with Crippen LogP contribution >= 0.6 is 0 Å². The predicted molar refractivity (Wildman–Crippen MR) is 80.2 cm³/mol. The van der Waals surface area contributed by atoms with Crippen LogP contribution in [0.15, 0.2) is 24.3 Å². The van der Waals surface area contributed by atoms with Crippen LogP contribution in [0.5, 0.6) is 5.75 Å². The number of carboxylic acids is 1. The molecule has 0 aromatic heterocycles. The lowest BCUT2D eigenvalue weighted by atomic mass is 9.61. The molecule has 1 aromatic carbocycles. The maximum atomic E-state index is 11.4. The number of carbonyl (C=O) groups is 1. The lowest BCUT2D eigenvalue weighted by molar-refractivity contribution is -0.154. The van der Waals surface area contributed by atoms with Gasteiger partial charge in [-0.2, -0.15) is 0 Å². The van der Waals surface area contributed by atoms with E-state index in [0.29, 0.717) is 12.8 Å². The highest BCUT2D eigenvalue weighted by Gasteiger charge is 2.48. The van der Waals surface area contributed by atoms with E-state index >= 15 is 0 Å². The fourth-order valence-electron chi connectivity index (χ4n) is 3.84. The van der Waals surface area contributed by atoms with Crippen LogP contribution in [-0.4, -0.2) is 23.3 Å². The van der Waals surface area contributed by atoms with Crippen molar-refractivity contribution in [2.75, 3.05) is 7.11 Å². The highest BCUT2D eigenvalue weighted by Crippen LogP contribution is 2.48. The molecule has 1 aromatic rings. The van der Waals surface area contributed by atoms with Crippen LogP contribution < -0.4 is 4.74 Å². The Morgan fingerprint density at radius 1 is 1.38 bits per heavy atom. The Labute approximate surface area is 125 Å². The molecule has 0 heterocycles. The van der Waals surface area contributed by atoms with E-state index in [1.807, 2.05) is 38.1 Å². The van der Waals surface area contributed by atoms with Crippen LogP contribution in [-0.2, 0) is 10.4 Å². The van der Waals surface area contributed by atoms with Gasteiger partial charge in [0.1, 0.15) is 5.75 Å². The summed E-state index contributed by atoms with van der Waals surface area (Å²) in [6, 6.07) is 7.45. The van der Waals surface area contributed by atoms with Gasteiger partial charge in [0.15, 0.2) is 0 Å². The minimum Gasteiger partial charge on any atom is -0.497 e. The Bertz CT molecular complexity index is 496. The third-order valence-electron chi connectivity index (χ3n) is 5.07. The zero-order valence-corrected chi connectivity index (χ0v) is 12.9. The second kappa shape index (κ2) is 6.06. The molecule has 1 fully saturated rings. The van der Waals surface area contributed by atoms with Gasteiger partial charge >= 0.3 is 5.97 Å². The van der Waals surface area contributed by atoms with Crippen LogP contribution in [0.25, 0.3) is 0 Å². The van der Waals surface area contributed by atoms with Crippen LogP contribution in [0.4, 0.5) is 0 Å². The van der Waals surface area contributed by atoms with E-state index in [2.05, 4.69) is 0 Å². The summed E-state index contributed by atoms with van der Waals surface area (Å²) in [6.07, 6.45) is 1.75. The molecule has 4 nitrogen and oxygen atoms in total. The summed E-state index contributed by atoms with van der Waals surface area (Å²) in [7, 11) is 1.61. The second-order valence-electron chi connectivity index (χ2n) is 6.01. The van der Waals surface area contributed by atoms with Crippen molar-refractivity contribution in [2.45, 2.75) is 38.7 Å². The van der Waals surface area contributed by atoms with Gasteiger partial charge in [-0.1, -0.05) is 26.0 Å².